The van der Waals surface area contributed by atoms with Crippen molar-refractivity contribution in [1.29, 1.82) is 0 Å². The molecule has 6 heteroatoms. The molecule has 0 aliphatic heterocycles. The van der Waals surface area contributed by atoms with E-state index in [0.29, 0.717) is 29.8 Å². The smallest absolute Gasteiger partial charge is 0.258 e. The van der Waals surface area contributed by atoms with Crippen LogP contribution in [0.2, 0.25) is 0 Å². The Morgan fingerprint density at radius 3 is 2.65 bits per heavy atom. The number of hydrogen-bond acceptors (Lipinski definition) is 4. The molecule has 0 fully saturated rings. The van der Waals surface area contributed by atoms with Crippen LogP contribution in [-0.2, 0) is 17.8 Å². The van der Waals surface area contributed by atoms with Gasteiger partial charge in [0.05, 0.1) is 24.0 Å². The average molecular weight is 350 g/mol. The van der Waals surface area contributed by atoms with Crippen molar-refractivity contribution in [2.45, 2.75) is 13.0 Å². The van der Waals surface area contributed by atoms with Crippen LogP contribution in [0.25, 0.3) is 10.9 Å². The maximum Gasteiger partial charge on any atom is 0.258 e. The van der Waals surface area contributed by atoms with Crippen molar-refractivity contribution >= 4 is 16.8 Å². The second kappa shape index (κ2) is 8.40. The Balaban J connectivity index is 1.51. The molecule has 1 heterocycles. The molecule has 0 bridgehead atoms. The Labute approximate surface area is 151 Å². The summed E-state index contributed by atoms with van der Waals surface area (Å²) in [5.74, 6) is 0.500. The highest BCUT2D eigenvalue weighted by atomic mass is 16.2. The Morgan fingerprint density at radius 2 is 1.85 bits per heavy atom. The third kappa shape index (κ3) is 4.77. The fraction of sp³-hybridized carbons (Fsp3) is 0.250. The number of aromatic nitrogens is 2. The van der Waals surface area contributed by atoms with Crippen molar-refractivity contribution < 1.29 is 4.79 Å². The van der Waals surface area contributed by atoms with E-state index in [1.807, 2.05) is 60.5 Å². The van der Waals surface area contributed by atoms with Gasteiger partial charge >= 0.3 is 0 Å². The summed E-state index contributed by atoms with van der Waals surface area (Å²) in [7, 11) is 1.83. The summed E-state index contributed by atoms with van der Waals surface area (Å²) in [6, 6.07) is 17.2. The molecule has 0 saturated heterocycles. The molecule has 0 spiro atoms. The Kier molecular flexibility index (Phi) is 5.76. The van der Waals surface area contributed by atoms with Crippen molar-refractivity contribution in [2.75, 3.05) is 20.1 Å². The summed E-state index contributed by atoms with van der Waals surface area (Å²) in [5, 5.41) is 3.48. The number of carbonyl (C=O) groups excluding carboxylic acids is 1. The third-order valence-electron chi connectivity index (χ3n) is 4.07. The van der Waals surface area contributed by atoms with Crippen LogP contribution in [0.5, 0.6) is 0 Å². The molecule has 0 unspecified atom stereocenters. The fourth-order valence-electron chi connectivity index (χ4n) is 2.81. The molecule has 26 heavy (non-hydrogen) atoms. The van der Waals surface area contributed by atoms with Gasteiger partial charge in [-0.05, 0) is 31.2 Å². The Hall–Kier alpha value is -2.99. The van der Waals surface area contributed by atoms with E-state index in [2.05, 4.69) is 15.3 Å². The first kappa shape index (κ1) is 17.8. The van der Waals surface area contributed by atoms with Gasteiger partial charge in [-0.3, -0.25) is 14.5 Å². The van der Waals surface area contributed by atoms with Crippen LogP contribution in [0.1, 0.15) is 11.4 Å². The lowest BCUT2D eigenvalue weighted by Gasteiger charge is -2.16. The largest absolute Gasteiger partial charge is 0.355 e. The maximum absolute atomic E-state index is 12.1. The number of aromatic amines is 1. The minimum absolute atomic E-state index is 0.0495. The van der Waals surface area contributed by atoms with Gasteiger partial charge in [-0.15, -0.1) is 0 Å². The SMILES string of the molecule is CN(CC(=O)NCCc1ccccc1)Cc1nc2ccccc2c(=O)[nH]1. The van der Waals surface area contributed by atoms with Gasteiger partial charge in [-0.2, -0.15) is 0 Å². The van der Waals surface area contributed by atoms with Gasteiger partial charge in [0.25, 0.3) is 5.56 Å². The molecule has 0 radical (unpaired) electrons. The van der Waals surface area contributed by atoms with Crippen molar-refractivity contribution in [2.24, 2.45) is 0 Å². The Morgan fingerprint density at radius 1 is 1.12 bits per heavy atom. The molecule has 2 aromatic carbocycles. The number of amides is 1. The number of para-hydroxylation sites is 1. The van der Waals surface area contributed by atoms with Crippen LogP contribution < -0.4 is 10.9 Å². The predicted molar refractivity (Wildman–Crippen MR) is 102 cm³/mol. The number of fused-ring (bicyclic) bond motifs is 1. The number of nitrogens with zero attached hydrogens (tertiary/aromatic N) is 2. The molecule has 6 nitrogen and oxygen atoms in total. The van der Waals surface area contributed by atoms with Crippen LogP contribution in [0.15, 0.2) is 59.4 Å². The van der Waals surface area contributed by atoms with E-state index in [-0.39, 0.29) is 18.0 Å². The van der Waals surface area contributed by atoms with Gasteiger partial charge in [-0.1, -0.05) is 42.5 Å². The lowest BCUT2D eigenvalue weighted by atomic mass is 10.1. The molecule has 1 aromatic heterocycles. The van der Waals surface area contributed by atoms with Crippen LogP contribution >= 0.6 is 0 Å². The predicted octanol–water partition coefficient (Wildman–Crippen LogP) is 1.71. The molecular formula is C20H22N4O2. The quantitative estimate of drug-likeness (QED) is 0.680. The first-order valence-electron chi connectivity index (χ1n) is 8.59. The second-order valence-corrected chi connectivity index (χ2v) is 6.29. The van der Waals surface area contributed by atoms with Crippen molar-refractivity contribution in [1.82, 2.24) is 20.2 Å². The first-order chi connectivity index (χ1) is 12.6. The van der Waals surface area contributed by atoms with Gasteiger partial charge in [0, 0.05) is 6.54 Å². The summed E-state index contributed by atoms with van der Waals surface area (Å²) < 4.78 is 0. The standard InChI is InChI=1S/C20H22N4O2/c1-24(14-19(25)21-12-11-15-7-3-2-4-8-15)13-18-22-17-10-6-5-9-16(17)20(26)23-18/h2-10H,11-14H2,1H3,(H,21,25)(H,22,23,26). The van der Waals surface area contributed by atoms with Crippen molar-refractivity contribution in [3.63, 3.8) is 0 Å². The highest BCUT2D eigenvalue weighted by molar-refractivity contribution is 5.78. The highest BCUT2D eigenvalue weighted by Gasteiger charge is 2.09. The molecule has 3 aromatic rings. The molecule has 2 N–H and O–H groups in total. The fourth-order valence-corrected chi connectivity index (χ4v) is 2.81. The van der Waals surface area contributed by atoms with E-state index in [9.17, 15) is 9.59 Å². The van der Waals surface area contributed by atoms with Crippen LogP contribution in [0, 0.1) is 0 Å². The molecule has 3 rings (SSSR count). The van der Waals surface area contributed by atoms with Crippen LogP contribution in [-0.4, -0.2) is 40.9 Å². The van der Waals surface area contributed by atoms with Gasteiger partial charge in [0.2, 0.25) is 5.91 Å². The molecule has 1 amide bonds. The number of likely N-dealkylation sites (N-methyl/N-ethyl adjacent to an activating group) is 1. The average Bonchev–Trinajstić information content (AvgIpc) is 2.62. The first-order valence-corrected chi connectivity index (χ1v) is 8.59. The van der Waals surface area contributed by atoms with Crippen LogP contribution in [0.4, 0.5) is 0 Å². The zero-order valence-electron chi connectivity index (χ0n) is 14.7. The number of carbonyl (C=O) groups is 1. The number of hydrogen-bond donors (Lipinski definition) is 2. The normalized spacial score (nSPS) is 11.0. The summed E-state index contributed by atoms with van der Waals surface area (Å²) in [5.41, 5.74) is 1.69. The highest BCUT2D eigenvalue weighted by Crippen LogP contribution is 2.06. The van der Waals surface area contributed by atoms with E-state index in [0.717, 1.165) is 6.42 Å². The third-order valence-corrected chi connectivity index (χ3v) is 4.07. The topological polar surface area (TPSA) is 78.1 Å². The molecule has 0 aliphatic carbocycles. The van der Waals surface area contributed by atoms with Gasteiger partial charge in [-0.25, -0.2) is 4.98 Å². The molecule has 0 aliphatic rings. The molecular weight excluding hydrogens is 328 g/mol. The van der Waals surface area contributed by atoms with E-state index in [4.69, 9.17) is 0 Å². The van der Waals surface area contributed by atoms with Gasteiger partial charge in [0.1, 0.15) is 5.82 Å². The summed E-state index contributed by atoms with van der Waals surface area (Å²) in [4.78, 5) is 33.2. The number of benzene rings is 2. The zero-order valence-corrected chi connectivity index (χ0v) is 14.7. The lowest BCUT2D eigenvalue weighted by Crippen LogP contribution is -2.36. The second-order valence-electron chi connectivity index (χ2n) is 6.29. The van der Waals surface area contributed by atoms with E-state index in [1.165, 1.54) is 5.56 Å². The van der Waals surface area contributed by atoms with Crippen molar-refractivity contribution in [3.8, 4) is 0 Å². The number of rotatable bonds is 7. The van der Waals surface area contributed by atoms with E-state index < -0.39 is 0 Å². The van der Waals surface area contributed by atoms with Crippen LogP contribution in [0.3, 0.4) is 0 Å². The molecule has 0 atom stereocenters. The van der Waals surface area contributed by atoms with Gasteiger partial charge < -0.3 is 10.3 Å². The zero-order chi connectivity index (χ0) is 18.4. The maximum atomic E-state index is 12.1. The summed E-state index contributed by atoms with van der Waals surface area (Å²) >= 11 is 0. The van der Waals surface area contributed by atoms with E-state index >= 15 is 0 Å². The molecule has 134 valence electrons. The monoisotopic (exact) mass is 350 g/mol. The van der Waals surface area contributed by atoms with Gasteiger partial charge in [0.15, 0.2) is 0 Å². The van der Waals surface area contributed by atoms with E-state index in [1.54, 1.807) is 6.07 Å². The minimum Gasteiger partial charge on any atom is -0.355 e. The Bertz CT molecular complexity index is 937. The van der Waals surface area contributed by atoms with Crippen molar-refractivity contribution in [3.05, 3.63) is 76.3 Å². The number of nitrogens with one attached hydrogen (secondary N) is 2. The lowest BCUT2D eigenvalue weighted by molar-refractivity contribution is -0.122. The summed E-state index contributed by atoms with van der Waals surface area (Å²) in [6.45, 7) is 1.24. The minimum atomic E-state index is -0.161. The number of H-pyrrole nitrogens is 1. The summed E-state index contributed by atoms with van der Waals surface area (Å²) in [6.07, 6.45) is 0.801. The molecule has 0 saturated carbocycles.